The van der Waals surface area contributed by atoms with Crippen molar-refractivity contribution >= 4 is 17.4 Å². The maximum absolute atomic E-state index is 12.7. The third kappa shape index (κ3) is 4.38. The Morgan fingerprint density at radius 3 is 2.83 bits per heavy atom. The van der Waals surface area contributed by atoms with Crippen LogP contribution in [0.4, 0.5) is 0 Å². The van der Waals surface area contributed by atoms with Gasteiger partial charge in [-0.3, -0.25) is 4.79 Å². The normalized spacial score (nSPS) is 16.3. The summed E-state index contributed by atoms with van der Waals surface area (Å²) in [6, 6.07) is 14.8. The number of nitrogens with zero attached hydrogens (tertiary/aromatic N) is 3. The van der Waals surface area contributed by atoms with Crippen molar-refractivity contribution in [2.75, 3.05) is 19.7 Å². The van der Waals surface area contributed by atoms with E-state index in [1.807, 2.05) is 18.2 Å². The molecule has 29 heavy (non-hydrogen) atoms. The minimum absolute atomic E-state index is 0.0377. The van der Waals surface area contributed by atoms with Gasteiger partial charge in [-0.05, 0) is 35.9 Å². The Hall–Kier alpha value is -2.98. The van der Waals surface area contributed by atoms with Crippen molar-refractivity contribution in [3.05, 3.63) is 82.1 Å². The van der Waals surface area contributed by atoms with Gasteiger partial charge < -0.3 is 10.1 Å². The van der Waals surface area contributed by atoms with Gasteiger partial charge in [0.15, 0.2) is 5.78 Å². The molecule has 0 spiro atoms. The first-order chi connectivity index (χ1) is 14.1. The molecule has 0 amide bonds. The number of halogens is 1. The number of aromatic nitrogens is 2. The van der Waals surface area contributed by atoms with Crippen molar-refractivity contribution in [2.45, 2.75) is 12.5 Å². The average Bonchev–Trinajstić information content (AvgIpc) is 3.25. The highest BCUT2D eigenvalue weighted by Crippen LogP contribution is 2.28. The second-order valence-electron chi connectivity index (χ2n) is 6.85. The summed E-state index contributed by atoms with van der Waals surface area (Å²) in [5, 5.41) is 17.0. The third-order valence-electron chi connectivity index (χ3n) is 4.87. The van der Waals surface area contributed by atoms with Crippen LogP contribution in [0.15, 0.2) is 54.9 Å². The Labute approximate surface area is 173 Å². The molecule has 0 unspecified atom stereocenters. The zero-order chi connectivity index (χ0) is 20.2. The van der Waals surface area contributed by atoms with E-state index in [2.05, 4.69) is 16.5 Å². The van der Waals surface area contributed by atoms with E-state index in [0.29, 0.717) is 22.8 Å². The molecule has 1 aliphatic heterocycles. The monoisotopic (exact) mass is 406 g/mol. The zero-order valence-corrected chi connectivity index (χ0v) is 16.4. The molecule has 2 heterocycles. The van der Waals surface area contributed by atoms with Gasteiger partial charge in [0, 0.05) is 36.3 Å². The van der Waals surface area contributed by atoms with Crippen LogP contribution in [0.25, 0.3) is 5.69 Å². The van der Waals surface area contributed by atoms with E-state index in [0.717, 1.165) is 29.9 Å². The van der Waals surface area contributed by atoms with Crippen molar-refractivity contribution in [3.63, 3.8) is 0 Å². The Morgan fingerprint density at radius 2 is 2.14 bits per heavy atom. The minimum atomic E-state index is -0.0633. The first-order valence-corrected chi connectivity index (χ1v) is 9.71. The summed E-state index contributed by atoms with van der Waals surface area (Å²) in [5.74, 6) is -0.0377. The minimum Gasteiger partial charge on any atom is -0.371 e. The van der Waals surface area contributed by atoms with E-state index in [-0.39, 0.29) is 18.3 Å². The highest BCUT2D eigenvalue weighted by molar-refractivity contribution is 6.31. The predicted molar refractivity (Wildman–Crippen MR) is 109 cm³/mol. The summed E-state index contributed by atoms with van der Waals surface area (Å²) in [6.07, 6.45) is 3.42. The summed E-state index contributed by atoms with van der Waals surface area (Å²) in [7, 11) is 0. The van der Waals surface area contributed by atoms with Crippen molar-refractivity contribution in [1.29, 1.82) is 5.26 Å². The van der Waals surface area contributed by atoms with Crippen LogP contribution in [0.2, 0.25) is 5.02 Å². The first-order valence-electron chi connectivity index (χ1n) is 9.33. The molecule has 1 N–H and O–H groups in total. The summed E-state index contributed by atoms with van der Waals surface area (Å²) >= 11 is 6.44. The number of ether oxygens (including phenoxy) is 1. The van der Waals surface area contributed by atoms with Gasteiger partial charge >= 0.3 is 0 Å². The fourth-order valence-electron chi connectivity index (χ4n) is 3.29. The van der Waals surface area contributed by atoms with Crippen LogP contribution < -0.4 is 5.32 Å². The van der Waals surface area contributed by atoms with E-state index >= 15 is 0 Å². The van der Waals surface area contributed by atoms with E-state index in [1.54, 1.807) is 41.3 Å². The number of rotatable bonds is 5. The van der Waals surface area contributed by atoms with Gasteiger partial charge in [0.1, 0.15) is 0 Å². The van der Waals surface area contributed by atoms with E-state index in [9.17, 15) is 4.79 Å². The van der Waals surface area contributed by atoms with E-state index in [4.69, 9.17) is 21.6 Å². The number of nitriles is 1. The lowest BCUT2D eigenvalue weighted by Gasteiger charge is -2.24. The number of hydrogen-bond donors (Lipinski definition) is 1. The molecule has 1 fully saturated rings. The lowest BCUT2D eigenvalue weighted by atomic mass is 10.0. The van der Waals surface area contributed by atoms with Crippen LogP contribution in [0, 0.1) is 11.3 Å². The van der Waals surface area contributed by atoms with Gasteiger partial charge in [0.2, 0.25) is 0 Å². The van der Waals surface area contributed by atoms with Gasteiger partial charge in [-0.25, -0.2) is 4.68 Å². The van der Waals surface area contributed by atoms with E-state index in [1.165, 1.54) is 0 Å². The number of nitrogens with one attached hydrogen (secondary N) is 1. The Morgan fingerprint density at radius 1 is 1.31 bits per heavy atom. The van der Waals surface area contributed by atoms with Gasteiger partial charge in [0.25, 0.3) is 0 Å². The number of carbonyl (C=O) groups excluding carboxylic acids is 1. The maximum atomic E-state index is 12.7. The SMILES string of the molecule is N#Cc1ccc(-n2cc(C(=O)Cc3ccc([C@H]4CNCCO4)c(Cl)c3)cn2)cc1. The largest absolute Gasteiger partial charge is 0.371 e. The Bertz CT molecular complexity index is 1060. The average molecular weight is 407 g/mol. The molecule has 1 atom stereocenters. The zero-order valence-electron chi connectivity index (χ0n) is 15.6. The molecule has 1 saturated heterocycles. The molecule has 0 saturated carbocycles. The smallest absolute Gasteiger partial charge is 0.170 e. The van der Waals surface area contributed by atoms with Gasteiger partial charge in [-0.1, -0.05) is 23.7 Å². The molecule has 3 aromatic rings. The van der Waals surface area contributed by atoms with E-state index < -0.39 is 0 Å². The first kappa shape index (κ1) is 19.3. The van der Waals surface area contributed by atoms with Crippen LogP contribution in [0.5, 0.6) is 0 Å². The molecule has 1 aromatic heterocycles. The highest BCUT2D eigenvalue weighted by Gasteiger charge is 2.19. The fraction of sp³-hybridized carbons (Fsp3) is 0.227. The number of Topliss-reactive ketones (excluding diaryl/α,β-unsaturated/α-hetero) is 1. The molecule has 0 bridgehead atoms. The predicted octanol–water partition coefficient (Wildman–Crippen LogP) is 3.48. The third-order valence-corrected chi connectivity index (χ3v) is 5.20. The maximum Gasteiger partial charge on any atom is 0.170 e. The standard InChI is InChI=1S/C22H19ClN4O2/c23-20-9-16(3-6-19(20)22-13-25-7-8-29-22)10-21(28)17-12-26-27(14-17)18-4-1-15(11-24)2-5-18/h1-6,9,12,14,22,25H,7-8,10,13H2/t22-/m1/s1. The molecule has 2 aromatic carbocycles. The topological polar surface area (TPSA) is 79.9 Å². The molecule has 4 rings (SSSR count). The summed E-state index contributed by atoms with van der Waals surface area (Å²) < 4.78 is 7.37. The van der Waals surface area contributed by atoms with Crippen LogP contribution >= 0.6 is 11.6 Å². The summed E-state index contributed by atoms with van der Waals surface area (Å²) in [6.45, 7) is 2.23. The van der Waals surface area contributed by atoms with Gasteiger partial charge in [-0.15, -0.1) is 0 Å². The molecule has 6 nitrogen and oxygen atoms in total. The quantitative estimate of drug-likeness (QED) is 0.656. The number of morpholine rings is 1. The molecular weight excluding hydrogens is 388 g/mol. The van der Waals surface area contributed by atoms with Gasteiger partial charge in [-0.2, -0.15) is 10.4 Å². The van der Waals surface area contributed by atoms with Crippen LogP contribution in [-0.4, -0.2) is 35.3 Å². The number of hydrogen-bond acceptors (Lipinski definition) is 5. The molecule has 0 aliphatic carbocycles. The summed E-state index contributed by atoms with van der Waals surface area (Å²) in [4.78, 5) is 12.7. The summed E-state index contributed by atoms with van der Waals surface area (Å²) in [5.41, 5.74) is 3.67. The number of ketones is 1. The van der Waals surface area contributed by atoms with Crippen LogP contribution in [0.3, 0.4) is 0 Å². The Kier molecular flexibility index (Phi) is 5.72. The Balaban J connectivity index is 1.46. The second-order valence-corrected chi connectivity index (χ2v) is 7.26. The van der Waals surface area contributed by atoms with Crippen molar-refractivity contribution < 1.29 is 9.53 Å². The van der Waals surface area contributed by atoms with Gasteiger partial charge in [0.05, 0.1) is 41.8 Å². The molecule has 7 heteroatoms. The molecular formula is C22H19ClN4O2. The molecule has 1 aliphatic rings. The molecule has 0 radical (unpaired) electrons. The number of carbonyl (C=O) groups is 1. The van der Waals surface area contributed by atoms with Crippen LogP contribution in [-0.2, 0) is 11.2 Å². The van der Waals surface area contributed by atoms with Crippen LogP contribution in [0.1, 0.15) is 33.2 Å². The van der Waals surface area contributed by atoms with Crippen molar-refractivity contribution in [1.82, 2.24) is 15.1 Å². The van der Waals surface area contributed by atoms with Crippen molar-refractivity contribution in [2.24, 2.45) is 0 Å². The van der Waals surface area contributed by atoms with Crippen molar-refractivity contribution in [3.8, 4) is 11.8 Å². The highest BCUT2D eigenvalue weighted by atomic mass is 35.5. The number of benzene rings is 2. The lowest BCUT2D eigenvalue weighted by molar-refractivity contribution is 0.0277. The fourth-order valence-corrected chi connectivity index (χ4v) is 3.62. The lowest BCUT2D eigenvalue weighted by Crippen LogP contribution is -2.33. The molecule has 146 valence electrons. The second kappa shape index (κ2) is 8.58.